The van der Waals surface area contributed by atoms with Gasteiger partial charge >= 0.3 is 12.0 Å². The van der Waals surface area contributed by atoms with Gasteiger partial charge in [-0.1, -0.05) is 32.9 Å². The van der Waals surface area contributed by atoms with Crippen LogP contribution in [0.3, 0.4) is 0 Å². The molecule has 0 saturated carbocycles. The number of hydrogen-bond acceptors (Lipinski definition) is 4. The maximum atomic E-state index is 12.7. The Morgan fingerprint density at radius 3 is 2.64 bits per heavy atom. The summed E-state index contributed by atoms with van der Waals surface area (Å²) in [5.41, 5.74) is 1.08. The molecule has 0 bridgehead atoms. The fourth-order valence-corrected chi connectivity index (χ4v) is 3.96. The average molecular weight is 392 g/mol. The van der Waals surface area contributed by atoms with Crippen LogP contribution in [0.15, 0.2) is 24.3 Å². The number of benzene rings is 1. The molecule has 1 saturated heterocycles. The van der Waals surface area contributed by atoms with E-state index in [0.29, 0.717) is 19.5 Å². The first-order chi connectivity index (χ1) is 13.4. The van der Waals surface area contributed by atoms with E-state index in [-0.39, 0.29) is 24.5 Å². The second kappa shape index (κ2) is 10.3. The van der Waals surface area contributed by atoms with Crippen LogP contribution < -0.4 is 10.1 Å². The second-order valence-electron chi connectivity index (χ2n) is 7.48. The summed E-state index contributed by atoms with van der Waals surface area (Å²) < 4.78 is 5.35. The Morgan fingerprint density at radius 1 is 1.32 bits per heavy atom. The van der Waals surface area contributed by atoms with Gasteiger partial charge in [-0.15, -0.1) is 0 Å². The minimum atomic E-state index is -0.832. The van der Waals surface area contributed by atoms with Crippen molar-refractivity contribution in [3.63, 3.8) is 0 Å². The van der Waals surface area contributed by atoms with Crippen molar-refractivity contribution in [2.24, 2.45) is 11.8 Å². The molecule has 7 nitrogen and oxygen atoms in total. The molecule has 0 radical (unpaired) electrons. The number of carboxylic acid groups (broad SMARTS) is 1. The number of methoxy groups -OCH3 is 1. The zero-order valence-electron chi connectivity index (χ0n) is 17.4. The number of carboxylic acids is 1. The summed E-state index contributed by atoms with van der Waals surface area (Å²) in [5, 5.41) is 12.4. The number of aliphatic carboxylic acids is 1. The third kappa shape index (κ3) is 5.61. The standard InChI is InChI=1S/C21H33N3O4/c1-5-23(6-2)19(16-8-7-9-18(11-16)28-4)12-22-21(27)24-13-15(3)10-17(14-24)20(25)26/h7-9,11,15,17,19H,5-6,10,12-14H2,1-4H3,(H,22,27)(H,25,26). The number of urea groups is 1. The first-order valence-electron chi connectivity index (χ1n) is 10.0. The predicted octanol–water partition coefficient (Wildman–Crippen LogP) is 2.83. The third-order valence-electron chi connectivity index (χ3n) is 5.47. The van der Waals surface area contributed by atoms with E-state index in [1.165, 1.54) is 0 Å². The maximum absolute atomic E-state index is 12.7. The number of amides is 2. The van der Waals surface area contributed by atoms with Crippen molar-refractivity contribution in [3.05, 3.63) is 29.8 Å². The van der Waals surface area contributed by atoms with Gasteiger partial charge in [-0.05, 0) is 43.1 Å². The van der Waals surface area contributed by atoms with Gasteiger partial charge in [-0.3, -0.25) is 9.69 Å². The molecule has 0 aliphatic carbocycles. The summed E-state index contributed by atoms with van der Waals surface area (Å²) in [5.74, 6) is -0.360. The minimum absolute atomic E-state index is 0.0199. The molecule has 0 spiro atoms. The van der Waals surface area contributed by atoms with Crippen LogP contribution in [0.2, 0.25) is 0 Å². The largest absolute Gasteiger partial charge is 0.497 e. The fraction of sp³-hybridized carbons (Fsp3) is 0.619. The van der Waals surface area contributed by atoms with Crippen LogP contribution in [0.5, 0.6) is 5.75 Å². The lowest BCUT2D eigenvalue weighted by Crippen LogP contribution is -2.50. The molecule has 2 N–H and O–H groups in total. The lowest BCUT2D eigenvalue weighted by Gasteiger charge is -2.36. The summed E-state index contributed by atoms with van der Waals surface area (Å²) in [4.78, 5) is 28.0. The molecule has 1 aromatic rings. The highest BCUT2D eigenvalue weighted by Crippen LogP contribution is 2.25. The number of nitrogens with one attached hydrogen (secondary N) is 1. The van der Waals surface area contributed by atoms with Crippen LogP contribution in [-0.4, -0.2) is 66.7 Å². The van der Waals surface area contributed by atoms with Crippen molar-refractivity contribution in [1.82, 2.24) is 15.1 Å². The van der Waals surface area contributed by atoms with Crippen LogP contribution in [0.1, 0.15) is 38.8 Å². The molecule has 28 heavy (non-hydrogen) atoms. The smallest absolute Gasteiger partial charge is 0.317 e. The van der Waals surface area contributed by atoms with Crippen LogP contribution >= 0.6 is 0 Å². The lowest BCUT2D eigenvalue weighted by molar-refractivity contribution is -0.143. The molecule has 1 aliphatic heterocycles. The molecule has 2 rings (SSSR count). The fourth-order valence-electron chi connectivity index (χ4n) is 3.96. The van der Waals surface area contributed by atoms with Gasteiger partial charge < -0.3 is 20.1 Å². The number of piperidine rings is 1. The molecule has 7 heteroatoms. The first kappa shape index (κ1) is 22.0. The van der Waals surface area contributed by atoms with Gasteiger partial charge in [0.2, 0.25) is 0 Å². The number of carbonyl (C=O) groups is 2. The Morgan fingerprint density at radius 2 is 2.04 bits per heavy atom. The van der Waals surface area contributed by atoms with Crippen molar-refractivity contribution in [2.75, 3.05) is 39.8 Å². The van der Waals surface area contributed by atoms with E-state index in [9.17, 15) is 14.7 Å². The molecule has 1 heterocycles. The summed E-state index contributed by atoms with van der Waals surface area (Å²) in [6, 6.07) is 7.72. The number of likely N-dealkylation sites (tertiary alicyclic amines) is 1. The van der Waals surface area contributed by atoms with Crippen molar-refractivity contribution in [1.29, 1.82) is 0 Å². The van der Waals surface area contributed by atoms with Crippen LogP contribution in [0, 0.1) is 11.8 Å². The summed E-state index contributed by atoms with van der Waals surface area (Å²) in [6.07, 6.45) is 0.616. The summed E-state index contributed by atoms with van der Waals surface area (Å²) in [6.45, 7) is 9.21. The Labute approximate surface area is 167 Å². The lowest BCUT2D eigenvalue weighted by atomic mass is 9.91. The van der Waals surface area contributed by atoms with Crippen molar-refractivity contribution < 1.29 is 19.4 Å². The van der Waals surface area contributed by atoms with E-state index >= 15 is 0 Å². The number of likely N-dealkylation sites (N-methyl/N-ethyl adjacent to an activating group) is 1. The van der Waals surface area contributed by atoms with Crippen LogP contribution in [0.4, 0.5) is 4.79 Å². The Balaban J connectivity index is 2.09. The number of hydrogen-bond donors (Lipinski definition) is 2. The van der Waals surface area contributed by atoms with Crippen molar-refractivity contribution >= 4 is 12.0 Å². The Bertz CT molecular complexity index is 663. The van der Waals surface area contributed by atoms with E-state index in [0.717, 1.165) is 24.4 Å². The maximum Gasteiger partial charge on any atom is 0.317 e. The third-order valence-corrected chi connectivity index (χ3v) is 5.47. The minimum Gasteiger partial charge on any atom is -0.497 e. The van der Waals surface area contributed by atoms with E-state index in [1.54, 1.807) is 12.0 Å². The SMILES string of the molecule is CCN(CC)C(CNC(=O)N1CC(C)CC(C(=O)O)C1)c1cccc(OC)c1. The van der Waals surface area contributed by atoms with Crippen molar-refractivity contribution in [2.45, 2.75) is 33.2 Å². The van der Waals surface area contributed by atoms with Gasteiger partial charge in [-0.25, -0.2) is 4.79 Å². The molecule has 156 valence electrons. The highest BCUT2D eigenvalue weighted by molar-refractivity contribution is 5.76. The predicted molar refractivity (Wildman–Crippen MR) is 109 cm³/mol. The normalized spacial score (nSPS) is 20.7. The van der Waals surface area contributed by atoms with Gasteiger partial charge in [0, 0.05) is 19.6 Å². The zero-order valence-corrected chi connectivity index (χ0v) is 17.4. The molecule has 1 fully saturated rings. The molecule has 2 amide bonds. The number of rotatable bonds is 8. The van der Waals surface area contributed by atoms with Gasteiger partial charge in [0.1, 0.15) is 5.75 Å². The van der Waals surface area contributed by atoms with E-state index < -0.39 is 11.9 Å². The Kier molecular flexibility index (Phi) is 8.11. The first-order valence-corrected chi connectivity index (χ1v) is 10.0. The summed E-state index contributed by atoms with van der Waals surface area (Å²) >= 11 is 0. The number of nitrogens with zero attached hydrogens (tertiary/aromatic N) is 2. The summed E-state index contributed by atoms with van der Waals surface area (Å²) in [7, 11) is 1.64. The van der Waals surface area contributed by atoms with Crippen LogP contribution in [-0.2, 0) is 4.79 Å². The van der Waals surface area contributed by atoms with Crippen molar-refractivity contribution in [3.8, 4) is 5.75 Å². The van der Waals surface area contributed by atoms with E-state index in [4.69, 9.17) is 4.74 Å². The van der Waals surface area contributed by atoms with Gasteiger partial charge in [0.05, 0.1) is 19.1 Å². The molecule has 1 aromatic carbocycles. The van der Waals surface area contributed by atoms with Gasteiger partial charge in [0.15, 0.2) is 0 Å². The Hall–Kier alpha value is -2.28. The molecule has 3 unspecified atom stereocenters. The second-order valence-corrected chi connectivity index (χ2v) is 7.48. The zero-order chi connectivity index (χ0) is 20.7. The average Bonchev–Trinajstić information content (AvgIpc) is 2.70. The number of carbonyl (C=O) groups excluding carboxylic acids is 1. The molecular formula is C21H33N3O4. The topological polar surface area (TPSA) is 82.1 Å². The van der Waals surface area contributed by atoms with E-state index in [2.05, 4.69) is 24.1 Å². The molecule has 0 aromatic heterocycles. The van der Waals surface area contributed by atoms with Crippen LogP contribution in [0.25, 0.3) is 0 Å². The molecular weight excluding hydrogens is 358 g/mol. The molecule has 3 atom stereocenters. The van der Waals surface area contributed by atoms with Gasteiger partial charge in [-0.2, -0.15) is 0 Å². The monoisotopic (exact) mass is 391 g/mol. The highest BCUT2D eigenvalue weighted by Gasteiger charge is 2.32. The highest BCUT2D eigenvalue weighted by atomic mass is 16.5. The quantitative estimate of drug-likeness (QED) is 0.712. The van der Waals surface area contributed by atoms with E-state index in [1.807, 2.05) is 31.2 Å². The number of ether oxygens (including phenoxy) is 1. The van der Waals surface area contributed by atoms with Gasteiger partial charge in [0.25, 0.3) is 0 Å². The molecule has 1 aliphatic rings.